The Morgan fingerprint density at radius 3 is 2.62 bits per heavy atom. The lowest BCUT2D eigenvalue weighted by atomic mass is 10.1. The smallest absolute Gasteiger partial charge is 0.211 e. The summed E-state index contributed by atoms with van der Waals surface area (Å²) in [7, 11) is 0. The van der Waals surface area contributed by atoms with Crippen molar-refractivity contribution in [2.45, 2.75) is 33.2 Å². The summed E-state index contributed by atoms with van der Waals surface area (Å²) in [6.45, 7) is 5.91. The average molecular weight is 337 g/mol. The first kappa shape index (κ1) is 16.7. The van der Waals surface area contributed by atoms with Crippen molar-refractivity contribution in [1.82, 2.24) is 0 Å². The molecule has 3 aromatic rings. The van der Waals surface area contributed by atoms with Gasteiger partial charge in [-0.05, 0) is 31.0 Å². The van der Waals surface area contributed by atoms with Gasteiger partial charge in [0, 0.05) is 28.6 Å². The van der Waals surface area contributed by atoms with Crippen LogP contribution in [0.25, 0.3) is 10.1 Å². The molecule has 124 valence electrons. The molecule has 2 nitrogen and oxygen atoms in total. The lowest BCUT2D eigenvalue weighted by Gasteiger charge is -2.24. The van der Waals surface area contributed by atoms with Crippen molar-refractivity contribution in [2.75, 3.05) is 11.4 Å². The number of hydrogen-bond donors (Lipinski definition) is 0. The van der Waals surface area contributed by atoms with Crippen LogP contribution in [0.15, 0.2) is 58.7 Å². The van der Waals surface area contributed by atoms with Crippen LogP contribution < -0.4 is 10.3 Å². The summed E-state index contributed by atoms with van der Waals surface area (Å²) >= 11 is 1.66. The second-order valence-electron chi connectivity index (χ2n) is 6.21. The molecule has 0 aliphatic rings. The summed E-state index contributed by atoms with van der Waals surface area (Å²) in [4.78, 5) is 15.3. The minimum absolute atomic E-state index is 0.152. The molecule has 3 rings (SSSR count). The van der Waals surface area contributed by atoms with E-state index in [4.69, 9.17) is 0 Å². The number of benzene rings is 2. The normalized spacial score (nSPS) is 10.9. The van der Waals surface area contributed by atoms with Crippen molar-refractivity contribution < 1.29 is 0 Å². The van der Waals surface area contributed by atoms with Crippen molar-refractivity contribution in [1.29, 1.82) is 0 Å². The van der Waals surface area contributed by atoms with E-state index in [0.717, 1.165) is 47.3 Å². The molecule has 1 heterocycles. The zero-order valence-corrected chi connectivity index (χ0v) is 15.1. The van der Waals surface area contributed by atoms with Crippen LogP contribution in [0.5, 0.6) is 0 Å². The fourth-order valence-electron chi connectivity index (χ4n) is 2.89. The maximum atomic E-state index is 13.0. The topological polar surface area (TPSA) is 20.3 Å². The molecule has 0 aliphatic heterocycles. The number of fused-ring (bicyclic) bond motifs is 1. The Bertz CT molecular complexity index is 870. The second kappa shape index (κ2) is 7.63. The first-order valence-corrected chi connectivity index (χ1v) is 9.38. The summed E-state index contributed by atoms with van der Waals surface area (Å²) in [6.07, 6.45) is 2.21. The molecular formula is C21H23NOS. The molecule has 0 spiro atoms. The van der Waals surface area contributed by atoms with Gasteiger partial charge < -0.3 is 4.90 Å². The molecule has 0 atom stereocenters. The molecule has 2 aromatic carbocycles. The molecule has 0 bridgehead atoms. The number of aryl methyl sites for hydroxylation is 1. The van der Waals surface area contributed by atoms with Crippen LogP contribution in [0.3, 0.4) is 0 Å². The Morgan fingerprint density at radius 1 is 1.08 bits per heavy atom. The van der Waals surface area contributed by atoms with Gasteiger partial charge in [0.25, 0.3) is 0 Å². The quantitative estimate of drug-likeness (QED) is 0.602. The van der Waals surface area contributed by atoms with Crippen LogP contribution in [-0.4, -0.2) is 6.54 Å². The van der Waals surface area contributed by atoms with Crippen LogP contribution in [-0.2, 0) is 6.54 Å². The van der Waals surface area contributed by atoms with E-state index in [1.54, 1.807) is 11.3 Å². The first-order chi connectivity index (χ1) is 11.7. The maximum Gasteiger partial charge on any atom is 0.211 e. The highest BCUT2D eigenvalue weighted by molar-refractivity contribution is 7.16. The van der Waals surface area contributed by atoms with Crippen LogP contribution in [0.1, 0.15) is 30.9 Å². The Hall–Kier alpha value is -2.13. The third-order valence-corrected chi connectivity index (χ3v) is 5.20. The fraction of sp³-hybridized carbons (Fsp3) is 0.286. The molecule has 0 radical (unpaired) electrons. The molecule has 0 saturated heterocycles. The van der Waals surface area contributed by atoms with Crippen LogP contribution in [0.2, 0.25) is 0 Å². The van der Waals surface area contributed by atoms with Gasteiger partial charge in [-0.2, -0.15) is 0 Å². The van der Waals surface area contributed by atoms with E-state index < -0.39 is 0 Å². The highest BCUT2D eigenvalue weighted by atomic mass is 32.1. The molecule has 24 heavy (non-hydrogen) atoms. The van der Waals surface area contributed by atoms with Gasteiger partial charge in [-0.3, -0.25) is 4.79 Å². The third kappa shape index (κ3) is 3.68. The van der Waals surface area contributed by atoms with E-state index >= 15 is 0 Å². The minimum atomic E-state index is 0.152. The summed E-state index contributed by atoms with van der Waals surface area (Å²) in [5.74, 6) is 0. The fourth-order valence-corrected chi connectivity index (χ4v) is 3.81. The monoisotopic (exact) mass is 337 g/mol. The van der Waals surface area contributed by atoms with Gasteiger partial charge in [-0.1, -0.05) is 55.3 Å². The number of anilines is 1. The first-order valence-electron chi connectivity index (χ1n) is 8.50. The molecule has 0 aliphatic carbocycles. The van der Waals surface area contributed by atoms with Gasteiger partial charge in [0.1, 0.15) is 0 Å². The Kier molecular flexibility index (Phi) is 5.31. The third-order valence-electron chi connectivity index (χ3n) is 4.25. The summed E-state index contributed by atoms with van der Waals surface area (Å²) in [5, 5.41) is 2.87. The number of unbranched alkanes of at least 4 members (excludes halogenated alkanes) is 1. The van der Waals surface area contributed by atoms with Crippen molar-refractivity contribution in [3.63, 3.8) is 0 Å². The zero-order chi connectivity index (χ0) is 16.9. The number of nitrogens with zero attached hydrogens (tertiary/aromatic N) is 1. The second-order valence-corrected chi connectivity index (χ2v) is 7.12. The molecule has 0 N–H and O–H groups in total. The molecule has 0 unspecified atom stereocenters. The van der Waals surface area contributed by atoms with Gasteiger partial charge in [0.05, 0.1) is 5.69 Å². The SMILES string of the molecule is CCCCN(Cc1ccccc1)c1csc2ccc(C)cc2c1=O. The maximum absolute atomic E-state index is 13.0. The van der Waals surface area contributed by atoms with Crippen LogP contribution in [0.4, 0.5) is 5.69 Å². The predicted octanol–water partition coefficient (Wildman–Crippen LogP) is 5.38. The zero-order valence-electron chi connectivity index (χ0n) is 14.3. The van der Waals surface area contributed by atoms with Gasteiger partial charge >= 0.3 is 0 Å². The predicted molar refractivity (Wildman–Crippen MR) is 105 cm³/mol. The lowest BCUT2D eigenvalue weighted by molar-refractivity contribution is 0.715. The molecule has 0 amide bonds. The van der Waals surface area contributed by atoms with Crippen molar-refractivity contribution in [3.8, 4) is 0 Å². The van der Waals surface area contributed by atoms with E-state index in [-0.39, 0.29) is 5.43 Å². The van der Waals surface area contributed by atoms with Crippen molar-refractivity contribution >= 4 is 27.1 Å². The molecule has 0 saturated carbocycles. The molecule has 3 heteroatoms. The standard InChI is InChI=1S/C21H23NOS/c1-3-4-12-22(14-17-8-6-5-7-9-17)19-15-24-20-11-10-16(2)13-18(20)21(19)23/h5-11,13,15H,3-4,12,14H2,1-2H3. The number of rotatable bonds is 6. The van der Waals surface area contributed by atoms with E-state index in [9.17, 15) is 4.79 Å². The van der Waals surface area contributed by atoms with E-state index in [1.165, 1.54) is 5.56 Å². The number of hydrogen-bond acceptors (Lipinski definition) is 3. The van der Waals surface area contributed by atoms with Crippen LogP contribution in [0, 0.1) is 6.92 Å². The Labute approximate surface area is 147 Å². The lowest BCUT2D eigenvalue weighted by Crippen LogP contribution is -2.28. The van der Waals surface area contributed by atoms with E-state index in [0.29, 0.717) is 0 Å². The Morgan fingerprint density at radius 2 is 1.88 bits per heavy atom. The average Bonchev–Trinajstić information content (AvgIpc) is 2.60. The van der Waals surface area contributed by atoms with Gasteiger partial charge in [0.2, 0.25) is 5.43 Å². The van der Waals surface area contributed by atoms with Crippen molar-refractivity contribution in [3.05, 3.63) is 75.3 Å². The van der Waals surface area contributed by atoms with E-state index in [1.807, 2.05) is 30.5 Å². The molecule has 1 aromatic heterocycles. The molecular weight excluding hydrogens is 314 g/mol. The van der Waals surface area contributed by atoms with Crippen molar-refractivity contribution in [2.24, 2.45) is 0 Å². The highest BCUT2D eigenvalue weighted by Gasteiger charge is 2.13. The highest BCUT2D eigenvalue weighted by Crippen LogP contribution is 2.23. The summed E-state index contributed by atoms with van der Waals surface area (Å²) in [5.41, 5.74) is 3.35. The van der Waals surface area contributed by atoms with Gasteiger partial charge in [-0.15, -0.1) is 11.3 Å². The largest absolute Gasteiger partial charge is 0.363 e. The van der Waals surface area contributed by atoms with Crippen LogP contribution >= 0.6 is 11.3 Å². The summed E-state index contributed by atoms with van der Waals surface area (Å²) < 4.78 is 1.06. The van der Waals surface area contributed by atoms with Gasteiger partial charge in [-0.25, -0.2) is 0 Å². The Balaban J connectivity index is 2.02. The molecule has 0 fully saturated rings. The summed E-state index contributed by atoms with van der Waals surface area (Å²) in [6, 6.07) is 16.5. The minimum Gasteiger partial charge on any atom is -0.363 e. The van der Waals surface area contributed by atoms with E-state index in [2.05, 4.69) is 42.2 Å². The van der Waals surface area contributed by atoms with Gasteiger partial charge in [0.15, 0.2) is 0 Å².